The van der Waals surface area contributed by atoms with Gasteiger partial charge in [0.1, 0.15) is 5.60 Å². The van der Waals surface area contributed by atoms with Gasteiger partial charge in [0.15, 0.2) is 12.1 Å². The molecule has 0 fully saturated rings. The molecule has 70 valence electrons. The number of aliphatic hydroxyl groups is 4. The molecule has 0 aromatic heterocycles. The topological polar surface area (TPSA) is 115 Å². The second-order valence-electron chi connectivity index (χ2n) is 2.40. The fourth-order valence-electron chi connectivity index (χ4n) is 0.528. The highest BCUT2D eigenvalue weighted by molar-refractivity contribution is 5.85. The molecule has 1 unspecified atom stereocenters. The van der Waals surface area contributed by atoms with Gasteiger partial charge in [0, 0.05) is 6.42 Å². The first-order chi connectivity index (χ1) is 5.45. The van der Waals surface area contributed by atoms with E-state index in [0.29, 0.717) is 0 Å². The van der Waals surface area contributed by atoms with Crippen molar-refractivity contribution in [3.05, 3.63) is 0 Å². The van der Waals surface area contributed by atoms with Crippen LogP contribution in [0, 0.1) is 0 Å². The van der Waals surface area contributed by atoms with Crippen LogP contribution in [-0.4, -0.2) is 51.0 Å². The minimum atomic E-state index is -2.23. The predicted octanol–water partition coefficient (Wildman–Crippen LogP) is -2.82. The average Bonchev–Trinajstić information content (AvgIpc) is 2.04. The first-order valence-electron chi connectivity index (χ1n) is 3.13. The zero-order chi connectivity index (χ0) is 9.78. The first-order valence-corrected chi connectivity index (χ1v) is 3.13. The summed E-state index contributed by atoms with van der Waals surface area (Å²) in [6.07, 6.45) is -3.07. The number of hydrogen-bond acceptors (Lipinski definition) is 6. The summed E-state index contributed by atoms with van der Waals surface area (Å²) in [5.41, 5.74) is -2.21. The van der Waals surface area contributed by atoms with Gasteiger partial charge in [-0.2, -0.15) is 0 Å². The lowest BCUT2D eigenvalue weighted by atomic mass is 10.00. The normalized spacial score (nSPS) is 15.8. The number of Topliss-reactive ketones (excluding diaryl/α,β-unsaturated/α-hetero) is 1. The summed E-state index contributed by atoms with van der Waals surface area (Å²) in [5.74, 6) is -1.13. The van der Waals surface area contributed by atoms with Gasteiger partial charge in [-0.05, 0) is 0 Å². The monoisotopic (exact) mass is 178 g/mol. The molecule has 0 aromatic carbocycles. The maximum Gasteiger partial charge on any atom is 0.212 e. The maximum atomic E-state index is 10.5. The van der Waals surface area contributed by atoms with Crippen LogP contribution in [0.4, 0.5) is 0 Å². The summed E-state index contributed by atoms with van der Waals surface area (Å²) in [6, 6.07) is 0. The molecule has 4 N–H and O–H groups in total. The molecule has 0 heterocycles. The summed E-state index contributed by atoms with van der Waals surface area (Å²) in [4.78, 5) is 20.6. The zero-order valence-corrected chi connectivity index (χ0v) is 6.17. The van der Waals surface area contributed by atoms with Gasteiger partial charge in [-0.25, -0.2) is 0 Å². The van der Waals surface area contributed by atoms with Gasteiger partial charge in [0.05, 0.1) is 6.61 Å². The Morgan fingerprint density at radius 1 is 1.50 bits per heavy atom. The second kappa shape index (κ2) is 4.27. The summed E-state index contributed by atoms with van der Waals surface area (Å²) in [5, 5.41) is 34.0. The van der Waals surface area contributed by atoms with Gasteiger partial charge in [-0.15, -0.1) is 0 Å². The average molecular weight is 178 g/mol. The van der Waals surface area contributed by atoms with Gasteiger partial charge in [0.2, 0.25) is 6.29 Å². The van der Waals surface area contributed by atoms with Crippen molar-refractivity contribution in [3.63, 3.8) is 0 Å². The highest BCUT2D eigenvalue weighted by Gasteiger charge is 2.30. The van der Waals surface area contributed by atoms with Gasteiger partial charge in [0.25, 0.3) is 0 Å². The van der Waals surface area contributed by atoms with Crippen LogP contribution >= 0.6 is 0 Å². The van der Waals surface area contributed by atoms with Gasteiger partial charge < -0.3 is 25.2 Å². The quantitative estimate of drug-likeness (QED) is 0.266. The lowest BCUT2D eigenvalue weighted by molar-refractivity contribution is -0.154. The lowest BCUT2D eigenvalue weighted by Gasteiger charge is -2.17. The number of carbonyl (C=O) groups is 2. The van der Waals surface area contributed by atoms with Gasteiger partial charge >= 0.3 is 0 Å². The van der Waals surface area contributed by atoms with Crippen LogP contribution in [0.15, 0.2) is 0 Å². The van der Waals surface area contributed by atoms with Crippen LogP contribution in [0.2, 0.25) is 0 Å². The molecule has 0 saturated heterocycles. The molecule has 6 heteroatoms. The molecular weight excluding hydrogens is 168 g/mol. The fraction of sp³-hybridized carbons (Fsp3) is 0.667. The zero-order valence-electron chi connectivity index (χ0n) is 6.17. The van der Waals surface area contributed by atoms with Crippen molar-refractivity contribution < 1.29 is 30.0 Å². The molecule has 0 aliphatic heterocycles. The summed E-state index contributed by atoms with van der Waals surface area (Å²) in [7, 11) is 0. The van der Waals surface area contributed by atoms with E-state index in [1.165, 1.54) is 0 Å². The summed E-state index contributed by atoms with van der Waals surface area (Å²) >= 11 is 0. The van der Waals surface area contributed by atoms with E-state index in [-0.39, 0.29) is 6.29 Å². The summed E-state index contributed by atoms with van der Waals surface area (Å²) < 4.78 is 0. The Labute approximate surface area is 68.1 Å². The minimum Gasteiger partial charge on any atom is -0.393 e. The van der Waals surface area contributed by atoms with E-state index in [9.17, 15) is 9.59 Å². The molecule has 6 nitrogen and oxygen atoms in total. The molecule has 0 aliphatic carbocycles. The third-order valence-electron chi connectivity index (χ3n) is 1.26. The van der Waals surface area contributed by atoms with Crippen molar-refractivity contribution in [2.45, 2.75) is 18.3 Å². The van der Waals surface area contributed by atoms with E-state index in [4.69, 9.17) is 20.4 Å². The number of ketones is 1. The molecular formula is C6H10O6. The fourth-order valence-corrected chi connectivity index (χ4v) is 0.528. The molecule has 0 aliphatic rings. The Morgan fingerprint density at radius 3 is 2.25 bits per heavy atom. The number of aldehydes is 1. The van der Waals surface area contributed by atoms with Crippen molar-refractivity contribution in [3.8, 4) is 0 Å². The smallest absolute Gasteiger partial charge is 0.212 e. The van der Waals surface area contributed by atoms with Crippen LogP contribution in [0.1, 0.15) is 6.42 Å². The van der Waals surface area contributed by atoms with Crippen LogP contribution in [0.5, 0.6) is 0 Å². The third-order valence-corrected chi connectivity index (χ3v) is 1.26. The summed E-state index contributed by atoms with van der Waals surface area (Å²) in [6.45, 7) is -0.936. The highest BCUT2D eigenvalue weighted by Crippen LogP contribution is 2.07. The standard InChI is InChI=1S/C6H10O6/c7-2-6(12,3-8)1-4(9)5(10)11/h2,5,8,10-12H,1,3H2. The van der Waals surface area contributed by atoms with Crippen molar-refractivity contribution >= 4 is 12.1 Å². The molecule has 0 saturated carbocycles. The molecule has 0 rings (SSSR count). The number of hydrogen-bond donors (Lipinski definition) is 4. The van der Waals surface area contributed by atoms with Crippen LogP contribution in [0.25, 0.3) is 0 Å². The number of aliphatic hydroxyl groups excluding tert-OH is 2. The van der Waals surface area contributed by atoms with Gasteiger partial charge in [-0.3, -0.25) is 4.79 Å². The molecule has 0 radical (unpaired) electrons. The van der Waals surface area contributed by atoms with Crippen molar-refractivity contribution in [2.75, 3.05) is 6.61 Å². The molecule has 0 bridgehead atoms. The Hall–Kier alpha value is -0.820. The van der Waals surface area contributed by atoms with Gasteiger partial charge in [-0.1, -0.05) is 0 Å². The van der Waals surface area contributed by atoms with E-state index in [0.717, 1.165) is 0 Å². The molecule has 0 amide bonds. The molecule has 0 aromatic rings. The number of rotatable bonds is 5. The third kappa shape index (κ3) is 3.05. The van der Waals surface area contributed by atoms with Crippen LogP contribution in [0.3, 0.4) is 0 Å². The largest absolute Gasteiger partial charge is 0.393 e. The Bertz CT molecular complexity index is 177. The highest BCUT2D eigenvalue weighted by atomic mass is 16.5. The van der Waals surface area contributed by atoms with E-state index >= 15 is 0 Å². The van der Waals surface area contributed by atoms with Crippen molar-refractivity contribution in [1.29, 1.82) is 0 Å². The lowest BCUT2D eigenvalue weighted by Crippen LogP contribution is -2.40. The van der Waals surface area contributed by atoms with Crippen LogP contribution < -0.4 is 0 Å². The maximum absolute atomic E-state index is 10.5. The predicted molar refractivity (Wildman–Crippen MR) is 35.9 cm³/mol. The second-order valence-corrected chi connectivity index (χ2v) is 2.40. The Balaban J connectivity index is 4.21. The van der Waals surface area contributed by atoms with E-state index in [1.54, 1.807) is 0 Å². The van der Waals surface area contributed by atoms with E-state index in [2.05, 4.69) is 0 Å². The molecule has 12 heavy (non-hydrogen) atoms. The molecule has 0 spiro atoms. The molecule has 1 atom stereocenters. The van der Waals surface area contributed by atoms with Crippen molar-refractivity contribution in [1.82, 2.24) is 0 Å². The van der Waals surface area contributed by atoms with E-state index < -0.39 is 30.7 Å². The Morgan fingerprint density at radius 2 is 2.00 bits per heavy atom. The van der Waals surface area contributed by atoms with E-state index in [1.807, 2.05) is 0 Å². The minimum absolute atomic E-state index is 0.0206. The first kappa shape index (κ1) is 11.2. The number of carbonyl (C=O) groups excluding carboxylic acids is 2. The van der Waals surface area contributed by atoms with Crippen molar-refractivity contribution in [2.24, 2.45) is 0 Å². The van der Waals surface area contributed by atoms with Crippen LogP contribution in [-0.2, 0) is 9.59 Å². The Kier molecular flexibility index (Phi) is 3.98. The SMILES string of the molecule is O=CC(O)(CO)CC(=O)C(O)O.